The number of methoxy groups -OCH3 is 1. The van der Waals surface area contributed by atoms with Gasteiger partial charge in [0.25, 0.3) is 0 Å². The van der Waals surface area contributed by atoms with Gasteiger partial charge in [-0.05, 0) is 36.4 Å². The maximum Gasteiger partial charge on any atom is 0.240 e. The number of benzene rings is 1. The van der Waals surface area contributed by atoms with E-state index in [1.165, 1.54) is 25.5 Å². The van der Waals surface area contributed by atoms with Crippen molar-refractivity contribution < 1.29 is 22.0 Å². The van der Waals surface area contributed by atoms with Gasteiger partial charge in [0, 0.05) is 13.7 Å². The van der Waals surface area contributed by atoms with Crippen molar-refractivity contribution in [2.45, 2.75) is 11.0 Å². The van der Waals surface area contributed by atoms with E-state index in [4.69, 9.17) is 9.15 Å². The minimum atomic E-state index is -3.71. The van der Waals surface area contributed by atoms with Crippen LogP contribution < -0.4 is 4.72 Å². The standard InChI is InChI=1S/C13H14FNO4S/c1-18-13(12-3-2-8-19-12)9-15-20(16,17)11-6-4-10(14)5-7-11/h2-8,13,15H,9H2,1H3/t13-/m0/s1. The molecule has 0 bridgehead atoms. The second-order valence-corrected chi connectivity index (χ2v) is 5.81. The first-order chi connectivity index (χ1) is 9.53. The molecule has 0 unspecified atom stereocenters. The second kappa shape index (κ2) is 6.17. The molecule has 108 valence electrons. The Balaban J connectivity index is 2.07. The molecule has 0 aliphatic heterocycles. The first-order valence-electron chi connectivity index (χ1n) is 5.84. The van der Waals surface area contributed by atoms with Crippen LogP contribution in [0.15, 0.2) is 52.0 Å². The molecule has 0 aliphatic carbocycles. The van der Waals surface area contributed by atoms with E-state index in [9.17, 15) is 12.8 Å². The fourth-order valence-corrected chi connectivity index (χ4v) is 2.69. The molecule has 2 rings (SSSR count). The van der Waals surface area contributed by atoms with Crippen LogP contribution in [0.1, 0.15) is 11.9 Å². The van der Waals surface area contributed by atoms with Crippen molar-refractivity contribution in [1.82, 2.24) is 4.72 Å². The van der Waals surface area contributed by atoms with Gasteiger partial charge < -0.3 is 9.15 Å². The minimum Gasteiger partial charge on any atom is -0.467 e. The van der Waals surface area contributed by atoms with Crippen molar-refractivity contribution in [1.29, 1.82) is 0 Å². The fraction of sp³-hybridized carbons (Fsp3) is 0.231. The number of ether oxygens (including phenoxy) is 1. The van der Waals surface area contributed by atoms with Gasteiger partial charge >= 0.3 is 0 Å². The normalized spacial score (nSPS) is 13.3. The molecule has 1 atom stereocenters. The van der Waals surface area contributed by atoms with Gasteiger partial charge in [0.15, 0.2) is 0 Å². The highest BCUT2D eigenvalue weighted by molar-refractivity contribution is 7.89. The van der Waals surface area contributed by atoms with Gasteiger partial charge in [0.05, 0.1) is 11.2 Å². The van der Waals surface area contributed by atoms with Gasteiger partial charge in [-0.15, -0.1) is 0 Å². The van der Waals surface area contributed by atoms with Crippen molar-refractivity contribution in [3.05, 3.63) is 54.2 Å². The Labute approximate surface area is 116 Å². The summed E-state index contributed by atoms with van der Waals surface area (Å²) in [6.45, 7) is 0.0176. The highest BCUT2D eigenvalue weighted by Gasteiger charge is 2.19. The fourth-order valence-electron chi connectivity index (χ4n) is 1.66. The SMILES string of the molecule is CO[C@@H](CNS(=O)(=O)c1ccc(F)cc1)c1ccco1. The Bertz CT molecular complexity index is 638. The van der Waals surface area contributed by atoms with Crippen LogP contribution >= 0.6 is 0 Å². The second-order valence-electron chi connectivity index (χ2n) is 4.05. The third-order valence-electron chi connectivity index (χ3n) is 2.73. The lowest BCUT2D eigenvalue weighted by Crippen LogP contribution is -2.29. The van der Waals surface area contributed by atoms with E-state index in [2.05, 4.69) is 4.72 Å². The lowest BCUT2D eigenvalue weighted by molar-refractivity contribution is 0.0878. The van der Waals surface area contributed by atoms with Crippen molar-refractivity contribution in [2.24, 2.45) is 0 Å². The van der Waals surface area contributed by atoms with E-state index >= 15 is 0 Å². The van der Waals surface area contributed by atoms with Gasteiger partial charge in [-0.2, -0.15) is 0 Å². The summed E-state index contributed by atoms with van der Waals surface area (Å²) < 4.78 is 49.5. The number of rotatable bonds is 6. The quantitative estimate of drug-likeness (QED) is 0.886. The number of furan rings is 1. The molecule has 0 fully saturated rings. The Morgan fingerprint density at radius 2 is 2.00 bits per heavy atom. The summed E-state index contributed by atoms with van der Waals surface area (Å²) in [4.78, 5) is -0.00630. The first-order valence-corrected chi connectivity index (χ1v) is 7.32. The van der Waals surface area contributed by atoms with Crippen LogP contribution in [0, 0.1) is 5.82 Å². The maximum atomic E-state index is 12.8. The van der Waals surface area contributed by atoms with E-state index < -0.39 is 21.9 Å². The first kappa shape index (κ1) is 14.7. The molecule has 1 heterocycles. The topological polar surface area (TPSA) is 68.5 Å². The summed E-state index contributed by atoms with van der Waals surface area (Å²) in [5.74, 6) is 0.0311. The Hall–Kier alpha value is -1.70. The van der Waals surface area contributed by atoms with Gasteiger partial charge in [-0.3, -0.25) is 0 Å². The molecule has 0 saturated carbocycles. The predicted molar refractivity (Wildman–Crippen MR) is 70.0 cm³/mol. The summed E-state index contributed by atoms with van der Waals surface area (Å²) in [6, 6.07) is 7.97. The zero-order valence-electron chi connectivity index (χ0n) is 10.7. The van der Waals surface area contributed by atoms with E-state index in [-0.39, 0.29) is 11.4 Å². The maximum absolute atomic E-state index is 12.8. The molecule has 0 saturated heterocycles. The minimum absolute atomic E-state index is 0.00630. The van der Waals surface area contributed by atoms with Gasteiger partial charge in [0.1, 0.15) is 17.7 Å². The molecular formula is C13H14FNO4S. The molecule has 2 aromatic rings. The third-order valence-corrected chi connectivity index (χ3v) is 4.17. The van der Waals surface area contributed by atoms with Crippen LogP contribution in [0.3, 0.4) is 0 Å². The summed E-state index contributed by atoms with van der Waals surface area (Å²) in [7, 11) is -2.25. The molecule has 0 radical (unpaired) electrons. The molecular weight excluding hydrogens is 285 g/mol. The predicted octanol–water partition coefficient (Wildman–Crippen LogP) is 2.08. The van der Waals surface area contributed by atoms with Crippen LogP contribution in [0.25, 0.3) is 0 Å². The Morgan fingerprint density at radius 3 is 2.55 bits per heavy atom. The molecule has 0 spiro atoms. The smallest absolute Gasteiger partial charge is 0.240 e. The van der Waals surface area contributed by atoms with Crippen molar-refractivity contribution in [3.63, 3.8) is 0 Å². The van der Waals surface area contributed by atoms with Crippen LogP contribution in [0.5, 0.6) is 0 Å². The Kier molecular flexibility index (Phi) is 4.53. The molecule has 5 nitrogen and oxygen atoms in total. The highest BCUT2D eigenvalue weighted by atomic mass is 32.2. The monoisotopic (exact) mass is 299 g/mol. The number of hydrogen-bond acceptors (Lipinski definition) is 4. The molecule has 7 heteroatoms. The largest absolute Gasteiger partial charge is 0.467 e. The van der Waals surface area contributed by atoms with E-state index in [0.717, 1.165) is 12.1 Å². The molecule has 1 N–H and O–H groups in total. The molecule has 20 heavy (non-hydrogen) atoms. The summed E-state index contributed by atoms with van der Waals surface area (Å²) in [6.07, 6.45) is 0.954. The van der Waals surface area contributed by atoms with Gasteiger partial charge in [-0.25, -0.2) is 17.5 Å². The number of nitrogens with one attached hydrogen (secondary N) is 1. The summed E-state index contributed by atoms with van der Waals surface area (Å²) in [5.41, 5.74) is 0. The van der Waals surface area contributed by atoms with E-state index in [0.29, 0.717) is 5.76 Å². The molecule has 1 aromatic heterocycles. The van der Waals surface area contributed by atoms with Gasteiger partial charge in [0.2, 0.25) is 10.0 Å². The molecule has 0 amide bonds. The summed E-state index contributed by atoms with van der Waals surface area (Å²) >= 11 is 0. The van der Waals surface area contributed by atoms with Crippen LogP contribution in [-0.4, -0.2) is 22.1 Å². The number of sulfonamides is 1. The number of hydrogen-bond donors (Lipinski definition) is 1. The van der Waals surface area contributed by atoms with Crippen LogP contribution in [0.4, 0.5) is 4.39 Å². The lowest BCUT2D eigenvalue weighted by Gasteiger charge is -2.14. The average molecular weight is 299 g/mol. The molecule has 1 aromatic carbocycles. The van der Waals surface area contributed by atoms with Crippen LogP contribution in [-0.2, 0) is 14.8 Å². The number of halogens is 1. The highest BCUT2D eigenvalue weighted by Crippen LogP contribution is 2.17. The average Bonchev–Trinajstić information content (AvgIpc) is 2.94. The summed E-state index contributed by atoms with van der Waals surface area (Å²) in [5, 5.41) is 0. The van der Waals surface area contributed by atoms with Gasteiger partial charge in [-0.1, -0.05) is 0 Å². The van der Waals surface area contributed by atoms with Crippen molar-refractivity contribution >= 4 is 10.0 Å². The third kappa shape index (κ3) is 3.44. The van der Waals surface area contributed by atoms with Crippen molar-refractivity contribution in [2.75, 3.05) is 13.7 Å². The van der Waals surface area contributed by atoms with Crippen LogP contribution in [0.2, 0.25) is 0 Å². The lowest BCUT2D eigenvalue weighted by atomic mass is 10.3. The zero-order chi connectivity index (χ0) is 14.6. The van der Waals surface area contributed by atoms with Crippen molar-refractivity contribution in [3.8, 4) is 0 Å². The van der Waals surface area contributed by atoms with E-state index in [1.807, 2.05) is 0 Å². The molecule has 0 aliphatic rings. The Morgan fingerprint density at radius 1 is 1.30 bits per heavy atom. The van der Waals surface area contributed by atoms with E-state index in [1.54, 1.807) is 12.1 Å². The zero-order valence-corrected chi connectivity index (χ0v) is 11.6.